The van der Waals surface area contributed by atoms with Gasteiger partial charge in [0.25, 0.3) is 0 Å². The highest BCUT2D eigenvalue weighted by atomic mass is 16.1. The molecule has 0 fully saturated rings. The number of nitrogens with zero attached hydrogens (tertiary/aromatic N) is 3. The molecule has 1 N–H and O–H groups in total. The minimum Gasteiger partial charge on any atom is -0.358 e. The van der Waals surface area contributed by atoms with Crippen LogP contribution in [0.15, 0.2) is 18.3 Å². The van der Waals surface area contributed by atoms with Crippen LogP contribution in [-0.2, 0) is 4.79 Å². The highest BCUT2D eigenvalue weighted by Crippen LogP contribution is 2.03. The van der Waals surface area contributed by atoms with Crippen LogP contribution in [0, 0.1) is 0 Å². The molecule has 0 aromatic carbocycles. The molecule has 1 aromatic rings. The Morgan fingerprint density at radius 1 is 1.69 bits per heavy atom. The minimum atomic E-state index is -0.0480. The van der Waals surface area contributed by atoms with Crippen molar-refractivity contribution < 1.29 is 4.79 Å². The molecular weight excluding hydrogens is 168 g/mol. The van der Waals surface area contributed by atoms with Crippen molar-refractivity contribution in [3.05, 3.63) is 18.3 Å². The third-order valence-electron chi connectivity index (χ3n) is 1.61. The Morgan fingerprint density at radius 3 is 3.00 bits per heavy atom. The second-order valence-corrected chi connectivity index (χ2v) is 2.61. The number of hydrogen-bond donors (Lipinski definition) is 1. The van der Waals surface area contributed by atoms with Crippen molar-refractivity contribution >= 4 is 11.7 Å². The van der Waals surface area contributed by atoms with Crippen LogP contribution in [0.1, 0.15) is 0 Å². The topological polar surface area (TPSA) is 58.1 Å². The Labute approximate surface area is 76.8 Å². The Balaban J connectivity index is 2.59. The number of likely N-dealkylation sites (N-methyl/N-ethyl adjacent to an activating group) is 2. The van der Waals surface area contributed by atoms with Crippen LogP contribution in [0.2, 0.25) is 0 Å². The average Bonchev–Trinajstić information content (AvgIpc) is 2.19. The molecule has 0 spiro atoms. The van der Waals surface area contributed by atoms with Gasteiger partial charge in [0.1, 0.15) is 0 Å². The molecule has 13 heavy (non-hydrogen) atoms. The van der Waals surface area contributed by atoms with E-state index >= 15 is 0 Å². The molecule has 0 aliphatic rings. The van der Waals surface area contributed by atoms with Gasteiger partial charge in [0.15, 0.2) is 5.82 Å². The van der Waals surface area contributed by atoms with Gasteiger partial charge in [-0.05, 0) is 12.1 Å². The van der Waals surface area contributed by atoms with Crippen LogP contribution in [0.4, 0.5) is 5.82 Å². The molecule has 0 saturated carbocycles. The normalized spacial score (nSPS) is 9.38. The van der Waals surface area contributed by atoms with Crippen molar-refractivity contribution in [2.75, 3.05) is 25.5 Å². The number of rotatable bonds is 3. The lowest BCUT2D eigenvalue weighted by Crippen LogP contribution is -2.33. The number of carbonyl (C=O) groups excluding carboxylic acids is 1. The summed E-state index contributed by atoms with van der Waals surface area (Å²) >= 11 is 0. The Bertz CT molecular complexity index is 275. The molecule has 0 bridgehead atoms. The maximum absolute atomic E-state index is 11.0. The molecule has 1 aromatic heterocycles. The van der Waals surface area contributed by atoms with Crippen LogP contribution in [0.25, 0.3) is 0 Å². The van der Waals surface area contributed by atoms with Gasteiger partial charge in [-0.3, -0.25) is 4.79 Å². The van der Waals surface area contributed by atoms with Crippen LogP contribution < -0.4 is 10.2 Å². The number of anilines is 1. The molecule has 0 radical (unpaired) electrons. The summed E-state index contributed by atoms with van der Waals surface area (Å²) < 4.78 is 0. The quantitative estimate of drug-likeness (QED) is 0.691. The SMILES string of the molecule is CNC(=O)CN(C)c1cccnn1. The predicted octanol–water partition coefficient (Wildman–Crippen LogP) is -0.341. The summed E-state index contributed by atoms with van der Waals surface area (Å²) in [6.45, 7) is 0.287. The van der Waals surface area contributed by atoms with E-state index in [0.717, 1.165) is 0 Å². The molecule has 0 unspecified atom stereocenters. The smallest absolute Gasteiger partial charge is 0.239 e. The number of aromatic nitrogens is 2. The number of amides is 1. The Hall–Kier alpha value is -1.65. The highest BCUT2D eigenvalue weighted by molar-refractivity contribution is 5.80. The second kappa shape index (κ2) is 4.39. The summed E-state index contributed by atoms with van der Waals surface area (Å²) in [6.07, 6.45) is 1.59. The summed E-state index contributed by atoms with van der Waals surface area (Å²) in [5.74, 6) is 0.638. The van der Waals surface area contributed by atoms with E-state index in [-0.39, 0.29) is 12.5 Å². The summed E-state index contributed by atoms with van der Waals surface area (Å²) in [6, 6.07) is 3.58. The first kappa shape index (κ1) is 9.44. The van der Waals surface area contributed by atoms with Gasteiger partial charge < -0.3 is 10.2 Å². The monoisotopic (exact) mass is 180 g/mol. The van der Waals surface area contributed by atoms with Crippen LogP contribution in [-0.4, -0.2) is 36.7 Å². The van der Waals surface area contributed by atoms with Gasteiger partial charge in [-0.15, -0.1) is 5.10 Å². The van der Waals surface area contributed by atoms with Gasteiger partial charge in [-0.1, -0.05) is 0 Å². The maximum Gasteiger partial charge on any atom is 0.239 e. The first-order valence-corrected chi connectivity index (χ1v) is 3.93. The van der Waals surface area contributed by atoms with Crippen molar-refractivity contribution in [2.24, 2.45) is 0 Å². The summed E-state index contributed by atoms with van der Waals surface area (Å²) in [5, 5.41) is 10.1. The molecule has 0 atom stereocenters. The predicted molar refractivity (Wildman–Crippen MR) is 49.4 cm³/mol. The lowest BCUT2D eigenvalue weighted by atomic mass is 10.4. The number of hydrogen-bond acceptors (Lipinski definition) is 4. The van der Waals surface area contributed by atoms with Crippen LogP contribution >= 0.6 is 0 Å². The highest BCUT2D eigenvalue weighted by Gasteiger charge is 2.05. The zero-order chi connectivity index (χ0) is 9.68. The number of nitrogens with one attached hydrogen (secondary N) is 1. The van der Waals surface area contributed by atoms with Gasteiger partial charge in [0.2, 0.25) is 5.91 Å². The van der Waals surface area contributed by atoms with Gasteiger partial charge in [0.05, 0.1) is 6.54 Å². The minimum absolute atomic E-state index is 0.0480. The van der Waals surface area contributed by atoms with E-state index < -0.39 is 0 Å². The molecule has 5 nitrogen and oxygen atoms in total. The first-order valence-electron chi connectivity index (χ1n) is 3.93. The molecule has 0 saturated heterocycles. The van der Waals surface area contributed by atoms with Crippen molar-refractivity contribution in [1.82, 2.24) is 15.5 Å². The van der Waals surface area contributed by atoms with Crippen molar-refractivity contribution in [2.45, 2.75) is 0 Å². The fraction of sp³-hybridized carbons (Fsp3) is 0.375. The lowest BCUT2D eigenvalue weighted by molar-refractivity contribution is -0.119. The maximum atomic E-state index is 11.0. The van der Waals surface area contributed by atoms with Gasteiger partial charge in [-0.25, -0.2) is 0 Å². The van der Waals surface area contributed by atoms with Gasteiger partial charge in [-0.2, -0.15) is 5.10 Å². The summed E-state index contributed by atoms with van der Waals surface area (Å²) in [7, 11) is 3.39. The lowest BCUT2D eigenvalue weighted by Gasteiger charge is -2.15. The molecule has 1 amide bonds. The molecule has 70 valence electrons. The zero-order valence-corrected chi connectivity index (χ0v) is 7.69. The van der Waals surface area contributed by atoms with Crippen molar-refractivity contribution in [1.29, 1.82) is 0 Å². The zero-order valence-electron chi connectivity index (χ0n) is 7.69. The van der Waals surface area contributed by atoms with E-state index in [2.05, 4.69) is 15.5 Å². The Morgan fingerprint density at radius 2 is 2.46 bits per heavy atom. The first-order chi connectivity index (χ1) is 6.24. The van der Waals surface area contributed by atoms with E-state index in [9.17, 15) is 4.79 Å². The van der Waals surface area contributed by atoms with Crippen LogP contribution in [0.5, 0.6) is 0 Å². The fourth-order valence-electron chi connectivity index (χ4n) is 0.872. The molecule has 1 rings (SSSR count). The fourth-order valence-corrected chi connectivity index (χ4v) is 0.872. The number of carbonyl (C=O) groups is 1. The van der Waals surface area contributed by atoms with Gasteiger partial charge in [0, 0.05) is 20.3 Å². The largest absolute Gasteiger partial charge is 0.358 e. The molecule has 1 heterocycles. The molecule has 0 aliphatic heterocycles. The Kier molecular flexibility index (Phi) is 3.19. The molecule has 5 heteroatoms. The van der Waals surface area contributed by atoms with E-state index in [4.69, 9.17) is 0 Å². The van der Waals surface area contributed by atoms with E-state index in [1.165, 1.54) is 0 Å². The van der Waals surface area contributed by atoms with Crippen LogP contribution in [0.3, 0.4) is 0 Å². The molecule has 0 aliphatic carbocycles. The molecular formula is C8H12N4O. The average molecular weight is 180 g/mol. The third kappa shape index (κ3) is 2.70. The standard InChI is InChI=1S/C8H12N4O/c1-9-8(13)6-12(2)7-4-3-5-10-11-7/h3-5H,6H2,1-2H3,(H,9,13). The van der Waals surface area contributed by atoms with Gasteiger partial charge >= 0.3 is 0 Å². The summed E-state index contributed by atoms with van der Waals surface area (Å²) in [5.41, 5.74) is 0. The summed E-state index contributed by atoms with van der Waals surface area (Å²) in [4.78, 5) is 12.7. The van der Waals surface area contributed by atoms with Crippen molar-refractivity contribution in [3.8, 4) is 0 Å². The van der Waals surface area contributed by atoms with Crippen molar-refractivity contribution in [3.63, 3.8) is 0 Å². The second-order valence-electron chi connectivity index (χ2n) is 2.61. The van der Waals surface area contributed by atoms with E-state index in [1.807, 2.05) is 0 Å². The third-order valence-corrected chi connectivity index (χ3v) is 1.61. The van der Waals surface area contributed by atoms with E-state index in [0.29, 0.717) is 5.82 Å². The van der Waals surface area contributed by atoms with E-state index in [1.54, 1.807) is 37.3 Å².